The number of aromatic nitrogens is 3. The average Bonchev–Trinajstić information content (AvgIpc) is 2.97. The molecule has 0 radical (unpaired) electrons. The number of aryl methyl sites for hydroxylation is 1. The van der Waals surface area contributed by atoms with Crippen LogP contribution in [-0.4, -0.2) is 30.9 Å². The van der Waals surface area contributed by atoms with Crippen molar-refractivity contribution in [2.75, 3.05) is 0 Å². The summed E-state index contributed by atoms with van der Waals surface area (Å²) in [6.45, 7) is 6.06. The maximum atomic E-state index is 12.4. The van der Waals surface area contributed by atoms with Crippen molar-refractivity contribution in [1.82, 2.24) is 14.8 Å². The third kappa shape index (κ3) is 2.23. The van der Waals surface area contributed by atoms with Gasteiger partial charge in [0, 0.05) is 18.4 Å². The fourth-order valence-corrected chi connectivity index (χ4v) is 4.82. The lowest BCUT2D eigenvalue weighted by molar-refractivity contribution is -0.146. The molecule has 1 saturated carbocycles. The van der Waals surface area contributed by atoms with E-state index in [1.54, 1.807) is 4.68 Å². The highest BCUT2D eigenvalue weighted by Crippen LogP contribution is 2.52. The molecule has 2 aliphatic rings. The molecule has 120 valence electrons. The van der Waals surface area contributed by atoms with Crippen LogP contribution in [0.15, 0.2) is 29.4 Å². The Balaban J connectivity index is 1.77. The molecule has 6 heteroatoms. The third-order valence-electron chi connectivity index (χ3n) is 4.58. The molecule has 0 saturated heterocycles. The van der Waals surface area contributed by atoms with Crippen molar-refractivity contribution < 1.29 is 9.90 Å². The zero-order valence-corrected chi connectivity index (χ0v) is 14.2. The minimum Gasteiger partial charge on any atom is -0.368 e. The molecule has 0 bridgehead atoms. The molecule has 1 aromatic carbocycles. The average molecular weight is 329 g/mol. The third-order valence-corrected chi connectivity index (χ3v) is 5.93. The van der Waals surface area contributed by atoms with E-state index < -0.39 is 11.0 Å². The summed E-state index contributed by atoms with van der Waals surface area (Å²) in [6, 6.07) is 7.98. The number of benzene rings is 1. The van der Waals surface area contributed by atoms with E-state index in [0.29, 0.717) is 23.8 Å². The number of ketones is 1. The lowest BCUT2D eigenvalue weighted by Crippen LogP contribution is -2.52. The molecule has 1 aliphatic heterocycles. The molecular formula is C17H19N3O2S. The molecule has 2 atom stereocenters. The van der Waals surface area contributed by atoms with Gasteiger partial charge >= 0.3 is 0 Å². The molecule has 23 heavy (non-hydrogen) atoms. The van der Waals surface area contributed by atoms with Gasteiger partial charge in [0.15, 0.2) is 22.5 Å². The summed E-state index contributed by atoms with van der Waals surface area (Å²) in [7, 11) is 0. The Hall–Kier alpha value is -1.66. The predicted molar refractivity (Wildman–Crippen MR) is 88.1 cm³/mol. The van der Waals surface area contributed by atoms with Crippen LogP contribution in [-0.2, 0) is 10.5 Å². The van der Waals surface area contributed by atoms with E-state index in [4.69, 9.17) is 0 Å². The number of carbonyl (C=O) groups is 1. The van der Waals surface area contributed by atoms with Gasteiger partial charge in [0.05, 0.1) is 0 Å². The summed E-state index contributed by atoms with van der Waals surface area (Å²) < 4.78 is 1.57. The van der Waals surface area contributed by atoms with Gasteiger partial charge in [-0.05, 0) is 12.3 Å². The Kier molecular flexibility index (Phi) is 3.03. The highest BCUT2D eigenvalue weighted by Gasteiger charge is 2.58. The van der Waals surface area contributed by atoms with Gasteiger partial charge in [-0.25, -0.2) is 9.67 Å². The van der Waals surface area contributed by atoms with Crippen molar-refractivity contribution in [1.29, 1.82) is 0 Å². The highest BCUT2D eigenvalue weighted by molar-refractivity contribution is 8.00. The normalized spacial score (nSPS) is 28.5. The molecule has 1 aliphatic carbocycles. The molecule has 2 heterocycles. The molecular weight excluding hydrogens is 310 g/mol. The van der Waals surface area contributed by atoms with Crippen molar-refractivity contribution in [2.45, 2.75) is 49.7 Å². The molecule has 1 N–H and O–H groups in total. The molecule has 2 aromatic rings. The minimum absolute atomic E-state index is 0.0814. The maximum absolute atomic E-state index is 12.4. The fraction of sp³-hybridized carbons (Fsp3) is 0.471. The van der Waals surface area contributed by atoms with E-state index >= 15 is 0 Å². The van der Waals surface area contributed by atoms with Crippen LogP contribution in [0.4, 0.5) is 0 Å². The van der Waals surface area contributed by atoms with Crippen LogP contribution in [0.2, 0.25) is 0 Å². The van der Waals surface area contributed by atoms with Gasteiger partial charge in [0.25, 0.3) is 0 Å². The van der Waals surface area contributed by atoms with Crippen molar-refractivity contribution in [3.63, 3.8) is 0 Å². The SMILES string of the molecule is Cc1ccc(-c2nc3n(n2)[C@]2(O)CC(C)(C)CC(=O)[C@@H]2S3)cc1. The summed E-state index contributed by atoms with van der Waals surface area (Å²) in [5.41, 5.74) is 0.586. The maximum Gasteiger partial charge on any atom is 0.190 e. The van der Waals surface area contributed by atoms with E-state index in [9.17, 15) is 9.90 Å². The van der Waals surface area contributed by atoms with Crippen LogP contribution in [0.3, 0.4) is 0 Å². The number of Topliss-reactive ketones (excluding diaryl/α,β-unsaturated/α-hetero) is 1. The zero-order valence-electron chi connectivity index (χ0n) is 13.4. The van der Waals surface area contributed by atoms with Gasteiger partial charge < -0.3 is 5.11 Å². The summed E-state index contributed by atoms with van der Waals surface area (Å²) >= 11 is 1.34. The monoisotopic (exact) mass is 329 g/mol. The van der Waals surface area contributed by atoms with E-state index in [0.717, 1.165) is 5.56 Å². The van der Waals surface area contributed by atoms with Gasteiger partial charge in [-0.2, -0.15) is 0 Å². The molecule has 1 fully saturated rings. The van der Waals surface area contributed by atoms with E-state index in [-0.39, 0.29) is 11.2 Å². The van der Waals surface area contributed by atoms with Crippen molar-refractivity contribution in [3.05, 3.63) is 29.8 Å². The molecule has 0 unspecified atom stereocenters. The minimum atomic E-state index is -1.27. The molecule has 0 spiro atoms. The largest absolute Gasteiger partial charge is 0.368 e. The Morgan fingerprint density at radius 1 is 1.30 bits per heavy atom. The van der Waals surface area contributed by atoms with Gasteiger partial charge in [0.2, 0.25) is 0 Å². The summed E-state index contributed by atoms with van der Waals surface area (Å²) in [4.78, 5) is 17.0. The molecule has 1 aromatic heterocycles. The van der Waals surface area contributed by atoms with Crippen molar-refractivity contribution in [2.24, 2.45) is 5.41 Å². The second-order valence-electron chi connectivity index (χ2n) is 7.36. The quantitative estimate of drug-likeness (QED) is 0.871. The standard InChI is InChI=1S/C17H19N3O2S/c1-10-4-6-11(7-5-10)14-18-15-20(19-14)17(22)9-16(2,3)8-12(21)13(17)23-15/h4-7,13,22H,8-9H2,1-3H3/t13-,17-/m0/s1. The Bertz CT molecular complexity index is 797. The number of nitrogens with zero attached hydrogens (tertiary/aromatic N) is 3. The van der Waals surface area contributed by atoms with Gasteiger partial charge in [0.1, 0.15) is 5.25 Å². The topological polar surface area (TPSA) is 68.0 Å². The number of fused-ring (bicyclic) bond motifs is 3. The second kappa shape index (κ2) is 4.68. The van der Waals surface area contributed by atoms with Crippen LogP contribution in [0.1, 0.15) is 32.3 Å². The molecule has 4 rings (SSSR count). The van der Waals surface area contributed by atoms with Crippen LogP contribution in [0.5, 0.6) is 0 Å². The number of aliphatic hydroxyl groups is 1. The van der Waals surface area contributed by atoms with E-state index in [1.165, 1.54) is 17.3 Å². The van der Waals surface area contributed by atoms with Gasteiger partial charge in [-0.15, -0.1) is 5.10 Å². The summed E-state index contributed by atoms with van der Waals surface area (Å²) in [5.74, 6) is 0.674. The Labute approximate surface area is 139 Å². The molecule has 0 amide bonds. The lowest BCUT2D eigenvalue weighted by Gasteiger charge is -2.41. The number of thioether (sulfide) groups is 1. The first-order chi connectivity index (χ1) is 10.8. The van der Waals surface area contributed by atoms with Crippen LogP contribution >= 0.6 is 11.8 Å². The van der Waals surface area contributed by atoms with Crippen LogP contribution < -0.4 is 0 Å². The summed E-state index contributed by atoms with van der Waals surface area (Å²) in [6.07, 6.45) is 0.996. The van der Waals surface area contributed by atoms with E-state index in [2.05, 4.69) is 10.1 Å². The first kappa shape index (κ1) is 14.9. The lowest BCUT2D eigenvalue weighted by atomic mass is 9.72. The number of hydrogen-bond acceptors (Lipinski definition) is 5. The van der Waals surface area contributed by atoms with Gasteiger partial charge in [-0.1, -0.05) is 55.4 Å². The Morgan fingerprint density at radius 3 is 2.70 bits per heavy atom. The van der Waals surface area contributed by atoms with Crippen LogP contribution in [0.25, 0.3) is 11.4 Å². The molecule has 5 nitrogen and oxygen atoms in total. The Morgan fingerprint density at radius 2 is 2.00 bits per heavy atom. The van der Waals surface area contributed by atoms with E-state index in [1.807, 2.05) is 45.0 Å². The van der Waals surface area contributed by atoms with Crippen molar-refractivity contribution in [3.8, 4) is 11.4 Å². The first-order valence-corrected chi connectivity index (χ1v) is 8.63. The number of carbonyl (C=O) groups excluding carboxylic acids is 1. The smallest absolute Gasteiger partial charge is 0.190 e. The first-order valence-electron chi connectivity index (χ1n) is 7.75. The van der Waals surface area contributed by atoms with Gasteiger partial charge in [-0.3, -0.25) is 4.79 Å². The van der Waals surface area contributed by atoms with Crippen LogP contribution in [0, 0.1) is 12.3 Å². The fourth-order valence-electron chi connectivity index (χ4n) is 3.58. The number of rotatable bonds is 1. The second-order valence-corrected chi connectivity index (χ2v) is 8.43. The highest BCUT2D eigenvalue weighted by atomic mass is 32.2. The number of hydrogen-bond donors (Lipinski definition) is 1. The zero-order chi connectivity index (χ0) is 16.4. The summed E-state index contributed by atoms with van der Waals surface area (Å²) in [5, 5.41) is 15.9. The van der Waals surface area contributed by atoms with Crippen molar-refractivity contribution >= 4 is 17.5 Å². The predicted octanol–water partition coefficient (Wildman–Crippen LogP) is 2.76.